The summed E-state index contributed by atoms with van der Waals surface area (Å²) in [5.74, 6) is 0. The third-order valence-corrected chi connectivity index (χ3v) is 12.3. The van der Waals surface area contributed by atoms with Crippen LogP contribution in [0.4, 0.5) is 5.69 Å². The van der Waals surface area contributed by atoms with Crippen molar-refractivity contribution in [1.82, 2.24) is 4.98 Å². The van der Waals surface area contributed by atoms with Gasteiger partial charge in [0, 0.05) is 22.8 Å². The number of pyridine rings is 1. The normalized spacial score (nSPS) is 11.9. The SMILES string of the molecule is CC(Nc1ccccc1P(c1ccccc1)c1ccccc1)c1cccc(CP(c2ccccc2)c2ccccc2)n1. The Balaban J connectivity index is 1.29. The van der Waals surface area contributed by atoms with Crippen LogP contribution in [0.25, 0.3) is 0 Å². The number of hydrogen-bond acceptors (Lipinski definition) is 2. The molecular weight excluding hydrogens is 546 g/mol. The van der Waals surface area contributed by atoms with Crippen molar-refractivity contribution >= 4 is 48.1 Å². The number of para-hydroxylation sites is 1. The topological polar surface area (TPSA) is 24.9 Å². The number of benzene rings is 5. The fourth-order valence-electron chi connectivity index (χ4n) is 5.22. The zero-order chi connectivity index (χ0) is 28.6. The van der Waals surface area contributed by atoms with E-state index >= 15 is 0 Å². The maximum atomic E-state index is 5.21. The van der Waals surface area contributed by atoms with E-state index in [4.69, 9.17) is 4.98 Å². The predicted octanol–water partition coefficient (Wildman–Crippen LogP) is 7.65. The van der Waals surface area contributed by atoms with Crippen LogP contribution in [-0.4, -0.2) is 4.98 Å². The molecule has 1 heterocycles. The summed E-state index contributed by atoms with van der Waals surface area (Å²) in [5.41, 5.74) is 3.35. The molecule has 6 rings (SSSR count). The number of nitrogens with zero attached hydrogens (tertiary/aromatic N) is 1. The van der Waals surface area contributed by atoms with Crippen molar-refractivity contribution in [3.63, 3.8) is 0 Å². The van der Waals surface area contributed by atoms with Gasteiger partial charge in [-0.2, -0.15) is 0 Å². The lowest BCUT2D eigenvalue weighted by Gasteiger charge is -2.25. The van der Waals surface area contributed by atoms with E-state index in [2.05, 4.69) is 176 Å². The first-order valence-electron chi connectivity index (χ1n) is 14.4. The second-order valence-electron chi connectivity index (χ2n) is 10.2. The molecule has 0 bridgehead atoms. The molecule has 1 aromatic heterocycles. The molecule has 0 spiro atoms. The van der Waals surface area contributed by atoms with E-state index in [0.717, 1.165) is 23.2 Å². The highest BCUT2D eigenvalue weighted by Crippen LogP contribution is 2.38. The smallest absolute Gasteiger partial charge is 0.0657 e. The van der Waals surface area contributed by atoms with E-state index in [0.29, 0.717) is 0 Å². The van der Waals surface area contributed by atoms with Gasteiger partial charge in [0.2, 0.25) is 0 Å². The Kier molecular flexibility index (Phi) is 9.16. The minimum Gasteiger partial charge on any atom is -0.376 e. The summed E-state index contributed by atoms with van der Waals surface area (Å²) in [6.07, 6.45) is 0.911. The zero-order valence-electron chi connectivity index (χ0n) is 23.7. The Morgan fingerprint density at radius 3 is 1.55 bits per heavy atom. The molecule has 0 aliphatic carbocycles. The summed E-state index contributed by atoms with van der Waals surface area (Å²) in [7, 11) is -1.27. The van der Waals surface area contributed by atoms with Crippen LogP contribution in [0.2, 0.25) is 0 Å². The van der Waals surface area contributed by atoms with Gasteiger partial charge in [-0.1, -0.05) is 146 Å². The third kappa shape index (κ3) is 6.69. The molecule has 42 heavy (non-hydrogen) atoms. The monoisotopic (exact) mass is 580 g/mol. The highest BCUT2D eigenvalue weighted by molar-refractivity contribution is 7.80. The molecule has 6 aromatic rings. The van der Waals surface area contributed by atoms with Crippen molar-refractivity contribution in [2.45, 2.75) is 19.1 Å². The summed E-state index contributed by atoms with van der Waals surface area (Å²) in [5, 5.41) is 10.6. The molecule has 0 saturated heterocycles. The Morgan fingerprint density at radius 2 is 1.00 bits per heavy atom. The van der Waals surface area contributed by atoms with Crippen molar-refractivity contribution in [3.8, 4) is 0 Å². The van der Waals surface area contributed by atoms with Crippen LogP contribution < -0.4 is 31.8 Å². The molecular formula is C38H34N2P2. The molecule has 206 valence electrons. The second kappa shape index (κ2) is 13.7. The molecule has 0 aliphatic heterocycles. The maximum absolute atomic E-state index is 5.21. The fourth-order valence-corrected chi connectivity index (χ4v) is 9.85. The highest BCUT2D eigenvalue weighted by Gasteiger charge is 2.21. The molecule has 4 heteroatoms. The summed E-state index contributed by atoms with van der Waals surface area (Å²) >= 11 is 0. The minimum atomic E-state index is -0.716. The van der Waals surface area contributed by atoms with Gasteiger partial charge in [-0.3, -0.25) is 4.98 Å². The van der Waals surface area contributed by atoms with Crippen molar-refractivity contribution in [2.75, 3.05) is 5.32 Å². The Morgan fingerprint density at radius 1 is 0.524 bits per heavy atom. The molecule has 0 saturated carbocycles. The number of nitrogens with one attached hydrogen (secondary N) is 1. The van der Waals surface area contributed by atoms with Crippen molar-refractivity contribution in [2.24, 2.45) is 0 Å². The largest absolute Gasteiger partial charge is 0.376 e. The fraction of sp³-hybridized carbons (Fsp3) is 0.0789. The van der Waals surface area contributed by atoms with Crippen LogP contribution >= 0.6 is 15.8 Å². The lowest BCUT2D eigenvalue weighted by atomic mass is 10.2. The van der Waals surface area contributed by atoms with Gasteiger partial charge in [-0.15, -0.1) is 0 Å². The second-order valence-corrected chi connectivity index (χ2v) is 14.6. The molecule has 0 aliphatic rings. The average molecular weight is 581 g/mol. The molecule has 1 atom stereocenters. The van der Waals surface area contributed by atoms with Gasteiger partial charge in [-0.05, 0) is 62.2 Å². The molecule has 1 unspecified atom stereocenters. The Bertz CT molecular complexity index is 1610. The minimum absolute atomic E-state index is 0.0502. The van der Waals surface area contributed by atoms with E-state index in [-0.39, 0.29) is 6.04 Å². The number of anilines is 1. The average Bonchev–Trinajstić information content (AvgIpc) is 3.06. The van der Waals surface area contributed by atoms with Crippen LogP contribution in [0, 0.1) is 0 Å². The summed E-state index contributed by atoms with van der Waals surface area (Å²) in [4.78, 5) is 5.21. The summed E-state index contributed by atoms with van der Waals surface area (Å²) in [6.45, 7) is 2.22. The van der Waals surface area contributed by atoms with E-state index in [9.17, 15) is 0 Å². The van der Waals surface area contributed by atoms with E-state index in [1.807, 2.05) is 0 Å². The van der Waals surface area contributed by atoms with E-state index < -0.39 is 15.8 Å². The number of aromatic nitrogens is 1. The van der Waals surface area contributed by atoms with Gasteiger partial charge < -0.3 is 5.32 Å². The first kappa shape index (κ1) is 28.0. The zero-order valence-corrected chi connectivity index (χ0v) is 25.5. The quantitative estimate of drug-likeness (QED) is 0.169. The van der Waals surface area contributed by atoms with Crippen LogP contribution in [-0.2, 0) is 6.16 Å². The van der Waals surface area contributed by atoms with Gasteiger partial charge in [0.25, 0.3) is 0 Å². The van der Waals surface area contributed by atoms with Crippen LogP contribution in [0.15, 0.2) is 164 Å². The first-order chi connectivity index (χ1) is 20.8. The van der Waals surface area contributed by atoms with Crippen LogP contribution in [0.3, 0.4) is 0 Å². The van der Waals surface area contributed by atoms with Gasteiger partial charge in [0.05, 0.1) is 11.7 Å². The third-order valence-electron chi connectivity index (χ3n) is 7.27. The van der Waals surface area contributed by atoms with Crippen molar-refractivity contribution < 1.29 is 0 Å². The predicted molar refractivity (Wildman–Crippen MR) is 184 cm³/mol. The molecule has 2 nitrogen and oxygen atoms in total. The van der Waals surface area contributed by atoms with Gasteiger partial charge in [-0.25, -0.2) is 0 Å². The van der Waals surface area contributed by atoms with E-state index in [1.54, 1.807) is 0 Å². The summed E-state index contributed by atoms with van der Waals surface area (Å²) < 4.78 is 0. The van der Waals surface area contributed by atoms with Gasteiger partial charge >= 0.3 is 0 Å². The molecule has 0 radical (unpaired) electrons. The lowest BCUT2D eigenvalue weighted by Crippen LogP contribution is -2.24. The number of hydrogen-bond donors (Lipinski definition) is 1. The highest BCUT2D eigenvalue weighted by atomic mass is 31.1. The van der Waals surface area contributed by atoms with Crippen LogP contribution in [0.5, 0.6) is 0 Å². The lowest BCUT2D eigenvalue weighted by molar-refractivity contribution is 0.831. The molecule has 0 fully saturated rings. The number of rotatable bonds is 10. The molecule has 5 aromatic carbocycles. The van der Waals surface area contributed by atoms with Crippen LogP contribution in [0.1, 0.15) is 24.4 Å². The van der Waals surface area contributed by atoms with Gasteiger partial charge in [0.1, 0.15) is 0 Å². The van der Waals surface area contributed by atoms with E-state index in [1.165, 1.54) is 26.5 Å². The Labute approximate surface area is 252 Å². The standard InChI is InChI=1S/C38H34N2P2/c1-30(36-27-16-17-31(40-36)29-41(32-18-6-2-7-19-32)33-20-8-3-9-21-33)39-37-26-14-15-28-38(37)42(34-22-10-4-11-23-34)35-24-12-5-13-25-35/h2-28,30,39H,29H2,1H3. The Hall–Kier alpha value is -4.09. The maximum Gasteiger partial charge on any atom is 0.0657 e. The van der Waals surface area contributed by atoms with Crippen molar-refractivity contribution in [3.05, 3.63) is 175 Å². The molecule has 0 amide bonds. The summed E-state index contributed by atoms with van der Waals surface area (Å²) in [6, 6.07) is 58.8. The van der Waals surface area contributed by atoms with Crippen molar-refractivity contribution in [1.29, 1.82) is 0 Å². The van der Waals surface area contributed by atoms with Gasteiger partial charge in [0.15, 0.2) is 0 Å². The first-order valence-corrected chi connectivity index (χ1v) is 17.2. The molecule has 1 N–H and O–H groups in total.